The molecule has 0 amide bonds. The van der Waals surface area contributed by atoms with E-state index in [1.165, 1.54) is 5.56 Å². The molecule has 0 aliphatic heterocycles. The molecule has 5 aromatic rings. The summed E-state index contributed by atoms with van der Waals surface area (Å²) in [5.74, 6) is 0.453. The van der Waals surface area contributed by atoms with Crippen molar-refractivity contribution >= 4 is 34.1 Å². The van der Waals surface area contributed by atoms with Crippen LogP contribution in [-0.2, 0) is 0 Å². The summed E-state index contributed by atoms with van der Waals surface area (Å²) in [6.07, 6.45) is 3.57. The van der Waals surface area contributed by atoms with Crippen LogP contribution in [0.15, 0.2) is 76.8 Å². The van der Waals surface area contributed by atoms with Gasteiger partial charge in [0.15, 0.2) is 5.58 Å². The van der Waals surface area contributed by atoms with Gasteiger partial charge in [-0.25, -0.2) is 4.98 Å². The molecule has 1 N–H and O–H groups in total. The summed E-state index contributed by atoms with van der Waals surface area (Å²) < 4.78 is 5.87. The lowest BCUT2D eigenvalue weighted by molar-refractivity contribution is 0.623. The molecule has 0 unspecified atom stereocenters. The van der Waals surface area contributed by atoms with E-state index in [0.717, 1.165) is 38.6 Å². The van der Waals surface area contributed by atoms with Crippen molar-refractivity contribution in [3.05, 3.63) is 77.9 Å². The molecule has 5 rings (SSSR count). The van der Waals surface area contributed by atoms with E-state index < -0.39 is 0 Å². The number of hydrogen-bond acceptors (Lipinski definition) is 6. The van der Waals surface area contributed by atoms with Gasteiger partial charge in [-0.3, -0.25) is 4.98 Å². The Morgan fingerprint density at radius 3 is 2.63 bits per heavy atom. The number of nitrogens with zero attached hydrogens (tertiary/aromatic N) is 3. The van der Waals surface area contributed by atoms with Gasteiger partial charge in [-0.05, 0) is 47.9 Å². The Bertz CT molecular complexity index is 1310. The Hall–Kier alpha value is -3.51. The molecule has 3 heterocycles. The fourth-order valence-corrected chi connectivity index (χ4v) is 4.11. The van der Waals surface area contributed by atoms with Crippen LogP contribution in [0.2, 0.25) is 0 Å². The van der Waals surface area contributed by atoms with Crippen molar-refractivity contribution < 1.29 is 4.42 Å². The molecule has 30 heavy (non-hydrogen) atoms. The van der Waals surface area contributed by atoms with Crippen LogP contribution in [0.5, 0.6) is 0 Å². The summed E-state index contributed by atoms with van der Waals surface area (Å²) in [7, 11) is 0. The van der Waals surface area contributed by atoms with Crippen LogP contribution in [-0.4, -0.2) is 15.0 Å². The topological polar surface area (TPSA) is 63.8 Å². The maximum atomic E-state index is 5.87. The first-order valence-electron chi connectivity index (χ1n) is 9.79. The van der Waals surface area contributed by atoms with Gasteiger partial charge in [0.05, 0.1) is 5.69 Å². The highest BCUT2D eigenvalue weighted by atomic mass is 32.1. The van der Waals surface area contributed by atoms with E-state index in [1.807, 2.05) is 30.3 Å². The zero-order chi connectivity index (χ0) is 20.5. The molecule has 5 nitrogen and oxygen atoms in total. The number of nitrogens with one attached hydrogen (secondary N) is 1. The Balaban J connectivity index is 1.40. The van der Waals surface area contributed by atoms with Gasteiger partial charge >= 0.3 is 0 Å². The van der Waals surface area contributed by atoms with Crippen molar-refractivity contribution in [3.63, 3.8) is 0 Å². The van der Waals surface area contributed by atoms with Crippen molar-refractivity contribution in [3.8, 4) is 21.8 Å². The lowest BCUT2D eigenvalue weighted by atomic mass is 10.0. The van der Waals surface area contributed by atoms with Gasteiger partial charge in [0.1, 0.15) is 10.5 Å². The predicted octanol–water partition coefficient (Wildman–Crippen LogP) is 6.88. The first-order chi connectivity index (χ1) is 14.7. The van der Waals surface area contributed by atoms with Gasteiger partial charge in [0.2, 0.25) is 0 Å². The number of thiazole rings is 1. The molecule has 0 radical (unpaired) electrons. The van der Waals surface area contributed by atoms with Gasteiger partial charge in [0, 0.05) is 34.6 Å². The zero-order valence-electron chi connectivity index (χ0n) is 16.7. The normalized spacial score (nSPS) is 11.3. The second kappa shape index (κ2) is 7.72. The van der Waals surface area contributed by atoms with Gasteiger partial charge in [-0.2, -0.15) is 4.98 Å². The van der Waals surface area contributed by atoms with E-state index in [4.69, 9.17) is 9.40 Å². The summed E-state index contributed by atoms with van der Waals surface area (Å²) in [5, 5.41) is 6.33. The van der Waals surface area contributed by atoms with Crippen molar-refractivity contribution in [2.75, 3.05) is 5.32 Å². The van der Waals surface area contributed by atoms with Crippen LogP contribution in [0.1, 0.15) is 25.3 Å². The van der Waals surface area contributed by atoms with Gasteiger partial charge < -0.3 is 9.73 Å². The first-order valence-corrected chi connectivity index (χ1v) is 10.7. The second-order valence-electron chi connectivity index (χ2n) is 7.38. The Morgan fingerprint density at radius 2 is 1.80 bits per heavy atom. The average Bonchev–Trinajstić information content (AvgIpc) is 3.41. The van der Waals surface area contributed by atoms with Crippen LogP contribution >= 0.6 is 11.3 Å². The molecule has 0 saturated carbocycles. The molecule has 0 aliphatic rings. The van der Waals surface area contributed by atoms with E-state index in [2.05, 4.69) is 58.8 Å². The quantitative estimate of drug-likeness (QED) is 0.341. The lowest BCUT2D eigenvalue weighted by Crippen LogP contribution is -1.91. The molecular formula is C24H20N4OS. The van der Waals surface area contributed by atoms with Crippen molar-refractivity contribution in [1.29, 1.82) is 0 Å². The monoisotopic (exact) mass is 412 g/mol. The molecule has 0 aliphatic carbocycles. The smallest absolute Gasteiger partial charge is 0.300 e. The number of benzene rings is 2. The molecule has 0 atom stereocenters. The fraction of sp³-hybridized carbons (Fsp3) is 0.125. The number of pyridine rings is 1. The van der Waals surface area contributed by atoms with Crippen LogP contribution < -0.4 is 5.32 Å². The lowest BCUT2D eigenvalue weighted by Gasteiger charge is -2.03. The Kier molecular flexibility index (Phi) is 4.77. The number of anilines is 2. The summed E-state index contributed by atoms with van der Waals surface area (Å²) >= 11 is 1.62. The zero-order valence-corrected chi connectivity index (χ0v) is 17.5. The number of hydrogen-bond donors (Lipinski definition) is 1. The van der Waals surface area contributed by atoms with E-state index >= 15 is 0 Å². The third-order valence-corrected chi connectivity index (χ3v) is 5.81. The Morgan fingerprint density at radius 1 is 0.933 bits per heavy atom. The fourth-order valence-electron chi connectivity index (χ4n) is 3.27. The van der Waals surface area contributed by atoms with Crippen molar-refractivity contribution in [2.24, 2.45) is 0 Å². The van der Waals surface area contributed by atoms with Crippen LogP contribution in [0.25, 0.3) is 32.9 Å². The summed E-state index contributed by atoms with van der Waals surface area (Å²) in [6, 6.07) is 18.7. The summed E-state index contributed by atoms with van der Waals surface area (Å²) in [5.41, 5.74) is 6.84. The number of oxazole rings is 1. The third kappa shape index (κ3) is 3.69. The molecular weight excluding hydrogens is 392 g/mol. The molecule has 6 heteroatoms. The molecule has 148 valence electrons. The minimum absolute atomic E-state index is 0.453. The van der Waals surface area contributed by atoms with Crippen LogP contribution in [0.3, 0.4) is 0 Å². The highest BCUT2D eigenvalue weighted by Crippen LogP contribution is 2.31. The maximum Gasteiger partial charge on any atom is 0.300 e. The number of fused-ring (bicyclic) bond motifs is 1. The maximum absolute atomic E-state index is 5.87. The van der Waals surface area contributed by atoms with Crippen LogP contribution in [0, 0.1) is 0 Å². The first kappa shape index (κ1) is 18.5. The van der Waals surface area contributed by atoms with Crippen molar-refractivity contribution in [1.82, 2.24) is 15.0 Å². The highest BCUT2D eigenvalue weighted by Gasteiger charge is 2.10. The minimum Gasteiger partial charge on any atom is -0.423 e. The third-order valence-electron chi connectivity index (χ3n) is 4.92. The highest BCUT2D eigenvalue weighted by molar-refractivity contribution is 7.13. The average molecular weight is 413 g/mol. The van der Waals surface area contributed by atoms with Crippen LogP contribution in [0.4, 0.5) is 11.7 Å². The molecule has 3 aromatic heterocycles. The summed E-state index contributed by atoms with van der Waals surface area (Å²) in [6.45, 7) is 4.34. The van der Waals surface area contributed by atoms with E-state index in [1.54, 1.807) is 23.7 Å². The van der Waals surface area contributed by atoms with E-state index in [0.29, 0.717) is 11.9 Å². The Labute approximate surface area is 178 Å². The molecule has 0 spiro atoms. The van der Waals surface area contributed by atoms with Crippen molar-refractivity contribution in [2.45, 2.75) is 19.8 Å². The standard InChI is InChI=1S/C24H20N4OS/c1-15(2)17-6-7-22-20(13-17)28-24(29-22)26-19-5-3-4-18(12-19)21-14-30-23(27-21)16-8-10-25-11-9-16/h3-15H,1-2H3,(H,26,28). The molecule has 2 aromatic carbocycles. The molecule has 0 bridgehead atoms. The number of rotatable bonds is 5. The van der Waals surface area contributed by atoms with E-state index in [9.17, 15) is 0 Å². The van der Waals surface area contributed by atoms with Gasteiger partial charge in [-0.15, -0.1) is 11.3 Å². The van der Waals surface area contributed by atoms with E-state index in [-0.39, 0.29) is 0 Å². The van der Waals surface area contributed by atoms with Gasteiger partial charge in [0.25, 0.3) is 6.01 Å². The van der Waals surface area contributed by atoms with Gasteiger partial charge in [-0.1, -0.05) is 32.0 Å². The largest absolute Gasteiger partial charge is 0.423 e. The molecule has 0 fully saturated rings. The SMILES string of the molecule is CC(C)c1ccc2oc(Nc3cccc(-c4csc(-c5ccncc5)n4)c3)nc2c1. The minimum atomic E-state index is 0.453. The molecule has 0 saturated heterocycles. The summed E-state index contributed by atoms with van der Waals surface area (Å²) in [4.78, 5) is 13.5. The second-order valence-corrected chi connectivity index (χ2v) is 8.24. The number of aromatic nitrogens is 3. The predicted molar refractivity (Wildman–Crippen MR) is 122 cm³/mol.